The summed E-state index contributed by atoms with van der Waals surface area (Å²) in [6.45, 7) is 0. The monoisotopic (exact) mass is 311 g/mol. The molecule has 3 heterocycles. The smallest absolute Gasteiger partial charge is 0.305 e. The number of fused-ring (bicyclic) bond motifs is 1. The van der Waals surface area contributed by atoms with Gasteiger partial charge in [-0.15, -0.1) is 0 Å². The predicted octanol–water partition coefficient (Wildman–Crippen LogP) is 1.30. The van der Waals surface area contributed by atoms with Crippen LogP contribution in [0.4, 0.5) is 0 Å². The molecule has 116 valence electrons. The van der Waals surface area contributed by atoms with Crippen LogP contribution in [0.15, 0.2) is 43.1 Å². The van der Waals surface area contributed by atoms with Crippen molar-refractivity contribution in [3.05, 3.63) is 54.4 Å². The minimum atomic E-state index is -1.02. The first kappa shape index (κ1) is 14.6. The lowest BCUT2D eigenvalue weighted by molar-refractivity contribution is -0.137. The van der Waals surface area contributed by atoms with Gasteiger partial charge in [0.05, 0.1) is 17.8 Å². The average molecular weight is 311 g/mol. The summed E-state index contributed by atoms with van der Waals surface area (Å²) in [4.78, 5) is 38.4. The number of aromatic nitrogens is 4. The molecule has 8 heteroatoms. The third kappa shape index (κ3) is 3.15. The van der Waals surface area contributed by atoms with Crippen molar-refractivity contribution >= 4 is 22.9 Å². The minimum Gasteiger partial charge on any atom is -0.481 e. The number of nitrogens with zero attached hydrogens (tertiary/aromatic N) is 3. The Morgan fingerprint density at radius 2 is 2.17 bits per heavy atom. The van der Waals surface area contributed by atoms with E-state index in [2.05, 4.69) is 25.3 Å². The highest BCUT2D eigenvalue weighted by Gasteiger charge is 2.21. The van der Waals surface area contributed by atoms with Crippen LogP contribution in [-0.4, -0.2) is 36.9 Å². The van der Waals surface area contributed by atoms with Gasteiger partial charge in [-0.05, 0) is 17.7 Å². The molecule has 0 fully saturated rings. The minimum absolute atomic E-state index is 0.190. The van der Waals surface area contributed by atoms with E-state index < -0.39 is 17.9 Å². The Morgan fingerprint density at radius 1 is 1.30 bits per heavy atom. The zero-order valence-corrected chi connectivity index (χ0v) is 11.9. The van der Waals surface area contributed by atoms with Crippen molar-refractivity contribution in [1.82, 2.24) is 25.3 Å². The van der Waals surface area contributed by atoms with Crippen LogP contribution in [-0.2, 0) is 4.79 Å². The van der Waals surface area contributed by atoms with Crippen LogP contribution < -0.4 is 5.32 Å². The number of pyridine rings is 1. The van der Waals surface area contributed by atoms with Crippen molar-refractivity contribution in [1.29, 1.82) is 0 Å². The fourth-order valence-electron chi connectivity index (χ4n) is 2.29. The maximum atomic E-state index is 12.5. The van der Waals surface area contributed by atoms with E-state index in [4.69, 9.17) is 5.11 Å². The number of H-pyrrole nitrogens is 1. The first-order valence-corrected chi connectivity index (χ1v) is 6.86. The first-order valence-electron chi connectivity index (χ1n) is 6.86. The van der Waals surface area contributed by atoms with Gasteiger partial charge in [0.25, 0.3) is 5.91 Å². The first-order chi connectivity index (χ1) is 11.1. The largest absolute Gasteiger partial charge is 0.481 e. The second kappa shape index (κ2) is 6.22. The van der Waals surface area contributed by atoms with Gasteiger partial charge in [-0.2, -0.15) is 0 Å². The van der Waals surface area contributed by atoms with Crippen LogP contribution >= 0.6 is 0 Å². The van der Waals surface area contributed by atoms with Crippen LogP contribution in [0.25, 0.3) is 11.0 Å². The Morgan fingerprint density at radius 3 is 2.91 bits per heavy atom. The van der Waals surface area contributed by atoms with Gasteiger partial charge in [0.15, 0.2) is 0 Å². The highest BCUT2D eigenvalue weighted by molar-refractivity contribution is 6.03. The summed E-state index contributed by atoms with van der Waals surface area (Å²) < 4.78 is 0. The fourth-order valence-corrected chi connectivity index (χ4v) is 2.29. The number of hydrogen-bond acceptors (Lipinski definition) is 5. The second-order valence-electron chi connectivity index (χ2n) is 4.87. The standard InChI is InChI=1S/C15H13N5O3/c21-12(22)6-11(9-2-1-4-16-7-9)20-15(23)13-10-3-5-17-14(10)19-8-18-13/h1-5,7-8,11H,6H2,(H,20,23)(H,21,22)(H,17,18,19)/t11-/m0/s1. The molecule has 3 rings (SSSR count). The van der Waals surface area contributed by atoms with Crippen LogP contribution in [0.1, 0.15) is 28.5 Å². The van der Waals surface area contributed by atoms with Gasteiger partial charge in [-0.1, -0.05) is 6.07 Å². The van der Waals surface area contributed by atoms with Gasteiger partial charge in [-0.3, -0.25) is 14.6 Å². The number of aromatic amines is 1. The third-order valence-electron chi connectivity index (χ3n) is 3.34. The number of carboxylic acids is 1. The van der Waals surface area contributed by atoms with E-state index in [9.17, 15) is 9.59 Å². The number of aliphatic carboxylic acids is 1. The quantitative estimate of drug-likeness (QED) is 0.653. The Kier molecular flexibility index (Phi) is 3.96. The number of carbonyl (C=O) groups is 2. The lowest BCUT2D eigenvalue weighted by atomic mass is 10.1. The zero-order valence-electron chi connectivity index (χ0n) is 11.9. The zero-order chi connectivity index (χ0) is 16.2. The van der Waals surface area contributed by atoms with Gasteiger partial charge in [0.2, 0.25) is 0 Å². The third-order valence-corrected chi connectivity index (χ3v) is 3.34. The Balaban J connectivity index is 1.89. The van der Waals surface area contributed by atoms with E-state index in [-0.39, 0.29) is 12.1 Å². The van der Waals surface area contributed by atoms with Crippen molar-refractivity contribution in [2.24, 2.45) is 0 Å². The fraction of sp³-hybridized carbons (Fsp3) is 0.133. The summed E-state index contributed by atoms with van der Waals surface area (Å²) >= 11 is 0. The van der Waals surface area contributed by atoms with E-state index >= 15 is 0 Å². The highest BCUT2D eigenvalue weighted by atomic mass is 16.4. The van der Waals surface area contributed by atoms with E-state index in [1.807, 2.05) is 0 Å². The molecule has 1 amide bonds. The number of nitrogens with one attached hydrogen (secondary N) is 2. The van der Waals surface area contributed by atoms with E-state index in [0.29, 0.717) is 16.6 Å². The molecule has 0 unspecified atom stereocenters. The molecule has 0 bridgehead atoms. The molecule has 0 saturated carbocycles. The van der Waals surface area contributed by atoms with Crippen molar-refractivity contribution in [2.75, 3.05) is 0 Å². The van der Waals surface area contributed by atoms with Gasteiger partial charge >= 0.3 is 5.97 Å². The van der Waals surface area contributed by atoms with Crippen LogP contribution in [0.2, 0.25) is 0 Å². The lowest BCUT2D eigenvalue weighted by Gasteiger charge is -2.16. The molecule has 8 nitrogen and oxygen atoms in total. The molecular formula is C15H13N5O3. The molecule has 3 aromatic rings. The summed E-state index contributed by atoms with van der Waals surface area (Å²) in [5.74, 6) is -1.49. The molecule has 0 spiro atoms. The van der Waals surface area contributed by atoms with Crippen molar-refractivity contribution in [2.45, 2.75) is 12.5 Å². The summed E-state index contributed by atoms with van der Waals surface area (Å²) in [5, 5.41) is 12.3. The maximum absolute atomic E-state index is 12.5. The van der Waals surface area contributed by atoms with Crippen molar-refractivity contribution < 1.29 is 14.7 Å². The normalized spacial score (nSPS) is 12.0. The maximum Gasteiger partial charge on any atom is 0.305 e. The summed E-state index contributed by atoms with van der Waals surface area (Å²) in [6, 6.07) is 4.40. The van der Waals surface area contributed by atoms with E-state index in [0.717, 1.165) is 0 Å². The van der Waals surface area contributed by atoms with Crippen LogP contribution in [0.3, 0.4) is 0 Å². The number of amides is 1. The molecule has 23 heavy (non-hydrogen) atoms. The highest BCUT2D eigenvalue weighted by Crippen LogP contribution is 2.18. The molecule has 0 saturated heterocycles. The molecule has 3 N–H and O–H groups in total. The van der Waals surface area contributed by atoms with Crippen molar-refractivity contribution in [3.63, 3.8) is 0 Å². The molecule has 0 aromatic carbocycles. The van der Waals surface area contributed by atoms with Gasteiger partial charge in [0, 0.05) is 18.6 Å². The van der Waals surface area contributed by atoms with Crippen LogP contribution in [0, 0.1) is 0 Å². The van der Waals surface area contributed by atoms with E-state index in [1.165, 1.54) is 12.5 Å². The van der Waals surface area contributed by atoms with Gasteiger partial charge in [0.1, 0.15) is 17.7 Å². The predicted molar refractivity (Wildman–Crippen MR) is 80.6 cm³/mol. The molecule has 3 aromatic heterocycles. The number of hydrogen-bond donors (Lipinski definition) is 3. The summed E-state index contributed by atoms with van der Waals surface area (Å²) in [5.41, 5.74) is 1.35. The van der Waals surface area contributed by atoms with Gasteiger partial charge < -0.3 is 15.4 Å². The van der Waals surface area contributed by atoms with Gasteiger partial charge in [-0.25, -0.2) is 9.97 Å². The molecule has 0 radical (unpaired) electrons. The Hall–Kier alpha value is -3.29. The van der Waals surface area contributed by atoms with E-state index in [1.54, 1.807) is 30.6 Å². The molecule has 1 atom stereocenters. The topological polar surface area (TPSA) is 121 Å². The Labute approximate surface area is 130 Å². The molecule has 0 aliphatic heterocycles. The lowest BCUT2D eigenvalue weighted by Crippen LogP contribution is -2.31. The number of rotatable bonds is 5. The Bertz CT molecular complexity index is 846. The number of carboxylic acid groups (broad SMARTS) is 1. The average Bonchev–Trinajstić information content (AvgIpc) is 3.03. The summed E-state index contributed by atoms with van der Waals surface area (Å²) in [7, 11) is 0. The summed E-state index contributed by atoms with van der Waals surface area (Å²) in [6.07, 6.45) is 5.80. The van der Waals surface area contributed by atoms with Crippen molar-refractivity contribution in [3.8, 4) is 0 Å². The number of carbonyl (C=O) groups excluding carboxylic acids is 1. The molecule has 0 aliphatic carbocycles. The molecule has 0 aliphatic rings. The SMILES string of the molecule is O=C(O)C[C@H](NC(=O)c1ncnc2[nH]ccc12)c1cccnc1. The second-order valence-corrected chi connectivity index (χ2v) is 4.87. The van der Waals surface area contributed by atoms with Crippen LogP contribution in [0.5, 0.6) is 0 Å². The molecular weight excluding hydrogens is 298 g/mol.